The Morgan fingerprint density at radius 1 is 1.53 bits per heavy atom. The van der Waals surface area contributed by atoms with Crippen molar-refractivity contribution < 1.29 is 12.8 Å². The highest BCUT2D eigenvalue weighted by atomic mass is 32.2. The predicted octanol–water partition coefficient (Wildman–Crippen LogP) is 0.380. The van der Waals surface area contributed by atoms with E-state index in [1.165, 1.54) is 6.07 Å². The average Bonchev–Trinajstić information content (AvgIpc) is 2.60. The zero-order valence-corrected chi connectivity index (χ0v) is 10.0. The van der Waals surface area contributed by atoms with Gasteiger partial charge in [-0.3, -0.25) is 0 Å². The van der Waals surface area contributed by atoms with Gasteiger partial charge in [-0.1, -0.05) is 0 Å². The first-order chi connectivity index (χ1) is 7.04. The van der Waals surface area contributed by atoms with E-state index in [0.29, 0.717) is 12.3 Å². The number of nitrogens with two attached hydrogens (primary N) is 1. The zero-order chi connectivity index (χ0) is 11.3. The molecule has 0 aliphatic heterocycles. The van der Waals surface area contributed by atoms with Crippen LogP contribution < -0.4 is 10.5 Å². The summed E-state index contributed by atoms with van der Waals surface area (Å²) in [5, 5.41) is 7.83. The number of hydrogen-bond donors (Lipinski definition) is 2. The molecular formula is C8H14N2O3S2. The first-order valence-corrected chi connectivity index (χ1v) is 7.29. The van der Waals surface area contributed by atoms with E-state index in [9.17, 15) is 8.42 Å². The van der Waals surface area contributed by atoms with Crippen molar-refractivity contribution in [3.8, 4) is 0 Å². The zero-order valence-electron chi connectivity index (χ0n) is 8.39. The molecule has 0 amide bonds. The number of sulfonamides is 1. The lowest BCUT2D eigenvalue weighted by molar-refractivity contribution is 0.404. The van der Waals surface area contributed by atoms with Gasteiger partial charge in [0.25, 0.3) is 10.0 Å². The number of primary sulfonamides is 1. The van der Waals surface area contributed by atoms with Gasteiger partial charge in [0.2, 0.25) is 5.09 Å². The molecule has 0 aromatic carbocycles. The standard InChI is InChI=1S/C8H14N2O3S2/c1-14-5-4-10-6-7-2-3-8(13-7)15(9,11)12/h2-3,10H,4-6H2,1H3,(H2,9,11,12). The van der Waals surface area contributed by atoms with E-state index in [1.807, 2.05) is 6.26 Å². The molecular weight excluding hydrogens is 236 g/mol. The fourth-order valence-corrected chi connectivity index (χ4v) is 1.82. The van der Waals surface area contributed by atoms with E-state index in [0.717, 1.165) is 12.3 Å². The fraction of sp³-hybridized carbons (Fsp3) is 0.500. The first-order valence-electron chi connectivity index (χ1n) is 4.35. The maximum Gasteiger partial charge on any atom is 0.271 e. The monoisotopic (exact) mass is 250 g/mol. The fourth-order valence-electron chi connectivity index (χ4n) is 0.992. The van der Waals surface area contributed by atoms with Crippen LogP contribution in [0, 0.1) is 0 Å². The third-order valence-corrected chi connectivity index (χ3v) is 3.09. The van der Waals surface area contributed by atoms with Crippen LogP contribution in [-0.2, 0) is 16.6 Å². The molecule has 0 aliphatic carbocycles. The highest BCUT2D eigenvalue weighted by molar-refractivity contribution is 7.98. The molecule has 0 bridgehead atoms. The molecule has 7 heteroatoms. The van der Waals surface area contributed by atoms with E-state index >= 15 is 0 Å². The van der Waals surface area contributed by atoms with Crippen molar-refractivity contribution in [1.29, 1.82) is 0 Å². The minimum atomic E-state index is -3.72. The molecule has 1 aromatic rings. The van der Waals surface area contributed by atoms with Gasteiger partial charge >= 0.3 is 0 Å². The molecule has 86 valence electrons. The van der Waals surface area contributed by atoms with Crippen LogP contribution in [0.1, 0.15) is 5.76 Å². The minimum absolute atomic E-state index is 0.191. The Morgan fingerprint density at radius 3 is 2.80 bits per heavy atom. The summed E-state index contributed by atoms with van der Waals surface area (Å²) in [6, 6.07) is 2.97. The predicted molar refractivity (Wildman–Crippen MR) is 60.2 cm³/mol. The summed E-state index contributed by atoms with van der Waals surface area (Å²) in [5.41, 5.74) is 0. The van der Waals surface area contributed by atoms with Crippen molar-refractivity contribution in [1.82, 2.24) is 5.32 Å². The third-order valence-electron chi connectivity index (χ3n) is 1.70. The number of rotatable bonds is 6. The van der Waals surface area contributed by atoms with Gasteiger partial charge in [0.15, 0.2) is 0 Å². The molecule has 0 aliphatic rings. The molecule has 0 atom stereocenters. The maximum atomic E-state index is 10.9. The molecule has 0 saturated heterocycles. The Bertz CT molecular complexity index is 400. The number of furan rings is 1. The largest absolute Gasteiger partial charge is 0.447 e. The summed E-state index contributed by atoms with van der Waals surface area (Å²) < 4.78 is 26.8. The van der Waals surface area contributed by atoms with E-state index in [4.69, 9.17) is 9.56 Å². The molecule has 1 heterocycles. The number of hydrogen-bond acceptors (Lipinski definition) is 5. The van der Waals surface area contributed by atoms with Crippen LogP contribution in [-0.4, -0.2) is 27.0 Å². The average molecular weight is 250 g/mol. The molecule has 15 heavy (non-hydrogen) atoms. The summed E-state index contributed by atoms with van der Waals surface area (Å²) >= 11 is 1.74. The lowest BCUT2D eigenvalue weighted by atomic mass is 10.4. The van der Waals surface area contributed by atoms with Crippen LogP contribution in [0.25, 0.3) is 0 Å². The highest BCUT2D eigenvalue weighted by Gasteiger charge is 2.12. The molecule has 0 radical (unpaired) electrons. The van der Waals surface area contributed by atoms with Crippen molar-refractivity contribution in [2.75, 3.05) is 18.6 Å². The Morgan fingerprint density at radius 2 is 2.27 bits per heavy atom. The molecule has 1 rings (SSSR count). The van der Waals surface area contributed by atoms with Crippen LogP contribution >= 0.6 is 11.8 Å². The second-order valence-corrected chi connectivity index (χ2v) is 5.41. The van der Waals surface area contributed by atoms with Gasteiger partial charge in [0, 0.05) is 12.3 Å². The van der Waals surface area contributed by atoms with Crippen molar-refractivity contribution in [3.63, 3.8) is 0 Å². The van der Waals surface area contributed by atoms with Crippen molar-refractivity contribution in [3.05, 3.63) is 17.9 Å². The molecule has 0 saturated carbocycles. The van der Waals surface area contributed by atoms with Gasteiger partial charge in [-0.2, -0.15) is 11.8 Å². The second kappa shape index (κ2) is 5.55. The van der Waals surface area contributed by atoms with E-state index in [2.05, 4.69) is 5.32 Å². The quantitative estimate of drug-likeness (QED) is 0.713. The lowest BCUT2D eigenvalue weighted by Crippen LogP contribution is -2.16. The topological polar surface area (TPSA) is 85.3 Å². The van der Waals surface area contributed by atoms with Crippen LogP contribution in [0.5, 0.6) is 0 Å². The Balaban J connectivity index is 2.47. The van der Waals surface area contributed by atoms with Crippen molar-refractivity contribution in [2.45, 2.75) is 11.6 Å². The third kappa shape index (κ3) is 4.25. The summed E-state index contributed by atoms with van der Waals surface area (Å²) in [7, 11) is -3.72. The summed E-state index contributed by atoms with van der Waals surface area (Å²) in [5.74, 6) is 1.57. The minimum Gasteiger partial charge on any atom is -0.447 e. The normalized spacial score (nSPS) is 11.9. The number of nitrogens with one attached hydrogen (secondary N) is 1. The van der Waals surface area contributed by atoms with Crippen LogP contribution in [0.4, 0.5) is 0 Å². The second-order valence-electron chi connectivity index (χ2n) is 2.94. The molecule has 0 fully saturated rings. The van der Waals surface area contributed by atoms with Gasteiger partial charge in [0.1, 0.15) is 5.76 Å². The summed E-state index contributed by atoms with van der Waals surface area (Å²) in [4.78, 5) is 0. The molecule has 0 unspecified atom stereocenters. The molecule has 3 N–H and O–H groups in total. The van der Waals surface area contributed by atoms with E-state index in [1.54, 1.807) is 17.8 Å². The Hall–Kier alpha value is -0.500. The Labute approximate surface area is 93.5 Å². The van der Waals surface area contributed by atoms with Crippen LogP contribution in [0.2, 0.25) is 0 Å². The van der Waals surface area contributed by atoms with Gasteiger partial charge in [-0.05, 0) is 18.4 Å². The molecule has 1 aromatic heterocycles. The van der Waals surface area contributed by atoms with Gasteiger partial charge in [0.05, 0.1) is 6.54 Å². The van der Waals surface area contributed by atoms with E-state index < -0.39 is 10.0 Å². The smallest absolute Gasteiger partial charge is 0.271 e. The van der Waals surface area contributed by atoms with Crippen LogP contribution in [0.3, 0.4) is 0 Å². The van der Waals surface area contributed by atoms with Crippen molar-refractivity contribution in [2.24, 2.45) is 5.14 Å². The van der Waals surface area contributed by atoms with Crippen molar-refractivity contribution >= 4 is 21.8 Å². The SMILES string of the molecule is CSCCNCc1ccc(S(N)(=O)=O)o1. The lowest BCUT2D eigenvalue weighted by Gasteiger charge is -1.99. The van der Waals surface area contributed by atoms with E-state index in [-0.39, 0.29) is 5.09 Å². The van der Waals surface area contributed by atoms with Crippen LogP contribution in [0.15, 0.2) is 21.6 Å². The summed E-state index contributed by atoms with van der Waals surface area (Å²) in [6.45, 7) is 1.36. The van der Waals surface area contributed by atoms with Gasteiger partial charge < -0.3 is 9.73 Å². The molecule has 5 nitrogen and oxygen atoms in total. The first kappa shape index (κ1) is 12.6. The molecule has 0 spiro atoms. The Kier molecular flexibility index (Phi) is 4.65. The highest BCUT2D eigenvalue weighted by Crippen LogP contribution is 2.11. The van der Waals surface area contributed by atoms with Gasteiger partial charge in [-0.25, -0.2) is 13.6 Å². The number of thioether (sulfide) groups is 1. The summed E-state index contributed by atoms with van der Waals surface area (Å²) in [6.07, 6.45) is 2.02. The van der Waals surface area contributed by atoms with Gasteiger partial charge in [-0.15, -0.1) is 0 Å². The maximum absolute atomic E-state index is 10.9.